The number of rotatable bonds is 5. The van der Waals surface area contributed by atoms with Crippen molar-refractivity contribution in [3.8, 4) is 11.3 Å². The standard InChI is InChI=1S/C21H19N5O2S/c1-29(27,28)26-16-9-5-8-15(13-16)17-10-11-18-20(23-17)19(25-21(22)24-18)12-14-6-3-2-4-7-14/h2-11,13,26H,12H2,1H3,(H2,22,24,25). The number of hydrogen-bond acceptors (Lipinski definition) is 6. The first-order valence-electron chi connectivity index (χ1n) is 8.93. The van der Waals surface area contributed by atoms with E-state index in [9.17, 15) is 8.42 Å². The highest BCUT2D eigenvalue weighted by Crippen LogP contribution is 2.25. The molecule has 0 saturated carbocycles. The molecule has 2 aromatic heterocycles. The fourth-order valence-electron chi connectivity index (χ4n) is 3.12. The second-order valence-electron chi connectivity index (χ2n) is 6.71. The highest BCUT2D eigenvalue weighted by Gasteiger charge is 2.11. The smallest absolute Gasteiger partial charge is 0.229 e. The molecule has 0 radical (unpaired) electrons. The van der Waals surface area contributed by atoms with Gasteiger partial charge in [0.15, 0.2) is 0 Å². The first-order valence-corrected chi connectivity index (χ1v) is 10.8. The van der Waals surface area contributed by atoms with Gasteiger partial charge in [0.1, 0.15) is 5.52 Å². The van der Waals surface area contributed by atoms with Crippen LogP contribution in [0.5, 0.6) is 0 Å². The lowest BCUT2D eigenvalue weighted by atomic mass is 10.1. The Morgan fingerprint density at radius 1 is 0.931 bits per heavy atom. The molecule has 0 saturated heterocycles. The van der Waals surface area contributed by atoms with Gasteiger partial charge in [0, 0.05) is 17.7 Å². The third-order valence-corrected chi connectivity index (χ3v) is 4.91. The van der Waals surface area contributed by atoms with E-state index in [1.807, 2.05) is 48.5 Å². The second-order valence-corrected chi connectivity index (χ2v) is 8.46. The number of sulfonamides is 1. The minimum absolute atomic E-state index is 0.206. The van der Waals surface area contributed by atoms with E-state index in [-0.39, 0.29) is 5.95 Å². The highest BCUT2D eigenvalue weighted by atomic mass is 32.2. The monoisotopic (exact) mass is 405 g/mol. The van der Waals surface area contributed by atoms with Gasteiger partial charge in [0.05, 0.1) is 23.2 Å². The molecule has 8 heteroatoms. The molecule has 0 bridgehead atoms. The van der Waals surface area contributed by atoms with Gasteiger partial charge in [-0.2, -0.15) is 0 Å². The van der Waals surface area contributed by atoms with Crippen molar-refractivity contribution in [3.63, 3.8) is 0 Å². The summed E-state index contributed by atoms with van der Waals surface area (Å²) in [7, 11) is -3.36. The molecule has 7 nitrogen and oxygen atoms in total. The van der Waals surface area contributed by atoms with Crippen LogP contribution in [0.4, 0.5) is 11.6 Å². The van der Waals surface area contributed by atoms with E-state index in [4.69, 9.17) is 10.7 Å². The maximum atomic E-state index is 11.5. The molecule has 0 aliphatic heterocycles. The molecule has 0 aliphatic carbocycles. The summed E-state index contributed by atoms with van der Waals surface area (Å²) in [5, 5.41) is 0. The van der Waals surface area contributed by atoms with Crippen molar-refractivity contribution in [2.24, 2.45) is 0 Å². The largest absolute Gasteiger partial charge is 0.368 e. The summed E-state index contributed by atoms with van der Waals surface area (Å²) in [5.74, 6) is 0.206. The van der Waals surface area contributed by atoms with Gasteiger partial charge < -0.3 is 5.73 Å². The van der Waals surface area contributed by atoms with Crippen LogP contribution in [0.1, 0.15) is 11.3 Å². The molecule has 0 atom stereocenters. The average molecular weight is 405 g/mol. The lowest BCUT2D eigenvalue weighted by Gasteiger charge is -2.10. The summed E-state index contributed by atoms with van der Waals surface area (Å²) in [4.78, 5) is 13.5. The molecule has 4 aromatic rings. The molecule has 2 aromatic carbocycles. The number of nitrogen functional groups attached to an aromatic ring is 1. The molecule has 0 aliphatic rings. The third-order valence-electron chi connectivity index (χ3n) is 4.31. The van der Waals surface area contributed by atoms with Gasteiger partial charge >= 0.3 is 0 Å². The number of nitrogens with one attached hydrogen (secondary N) is 1. The summed E-state index contributed by atoms with van der Waals surface area (Å²) < 4.78 is 25.5. The Bertz CT molecular complexity index is 1290. The van der Waals surface area contributed by atoms with Crippen LogP contribution in [-0.4, -0.2) is 29.6 Å². The average Bonchev–Trinajstić information content (AvgIpc) is 2.67. The fraction of sp³-hybridized carbons (Fsp3) is 0.0952. The normalized spacial score (nSPS) is 11.5. The Balaban J connectivity index is 1.79. The Kier molecular flexibility index (Phi) is 4.85. The van der Waals surface area contributed by atoms with Gasteiger partial charge in [-0.05, 0) is 29.8 Å². The zero-order valence-corrected chi connectivity index (χ0v) is 16.5. The number of nitrogens with zero attached hydrogens (tertiary/aromatic N) is 3. The van der Waals surface area contributed by atoms with Crippen molar-refractivity contribution in [2.75, 3.05) is 16.7 Å². The van der Waals surface area contributed by atoms with Crippen LogP contribution < -0.4 is 10.5 Å². The van der Waals surface area contributed by atoms with E-state index in [1.165, 1.54) is 0 Å². The summed E-state index contributed by atoms with van der Waals surface area (Å²) in [6.07, 6.45) is 1.70. The topological polar surface area (TPSA) is 111 Å². The van der Waals surface area contributed by atoms with Gasteiger partial charge in [-0.3, -0.25) is 4.72 Å². The number of nitrogens with two attached hydrogens (primary N) is 1. The zero-order valence-electron chi connectivity index (χ0n) is 15.7. The minimum Gasteiger partial charge on any atom is -0.368 e. The Morgan fingerprint density at radius 2 is 1.72 bits per heavy atom. The molecule has 0 fully saturated rings. The summed E-state index contributed by atoms with van der Waals surface area (Å²) in [6.45, 7) is 0. The molecule has 3 N–H and O–H groups in total. The van der Waals surface area contributed by atoms with Crippen molar-refractivity contribution in [1.82, 2.24) is 15.0 Å². The number of anilines is 2. The van der Waals surface area contributed by atoms with Crippen molar-refractivity contribution >= 4 is 32.7 Å². The van der Waals surface area contributed by atoms with E-state index in [1.54, 1.807) is 18.2 Å². The predicted molar refractivity (Wildman–Crippen MR) is 115 cm³/mol. The Hall–Kier alpha value is -3.52. The van der Waals surface area contributed by atoms with Crippen molar-refractivity contribution < 1.29 is 8.42 Å². The molecule has 29 heavy (non-hydrogen) atoms. The molecule has 2 heterocycles. The molecule has 0 spiro atoms. The predicted octanol–water partition coefficient (Wildman–Crippen LogP) is 3.24. The SMILES string of the molecule is CS(=O)(=O)Nc1cccc(-c2ccc3nc(N)nc(Cc4ccccc4)c3n2)c1. The van der Waals surface area contributed by atoms with Crippen molar-refractivity contribution in [3.05, 3.63) is 78.0 Å². The highest BCUT2D eigenvalue weighted by molar-refractivity contribution is 7.92. The van der Waals surface area contributed by atoms with Gasteiger partial charge in [-0.15, -0.1) is 0 Å². The molecule has 0 unspecified atom stereocenters. The molecule has 4 rings (SSSR count). The van der Waals surface area contributed by atoms with Gasteiger partial charge in [-0.25, -0.2) is 23.4 Å². The van der Waals surface area contributed by atoms with E-state index >= 15 is 0 Å². The van der Waals surface area contributed by atoms with Crippen LogP contribution in [-0.2, 0) is 16.4 Å². The fourth-order valence-corrected chi connectivity index (χ4v) is 3.68. The lowest BCUT2D eigenvalue weighted by molar-refractivity contribution is 0.607. The third kappa shape index (κ3) is 4.49. The summed E-state index contributed by atoms with van der Waals surface area (Å²) in [5.41, 5.74) is 11.0. The molecular formula is C21H19N5O2S. The van der Waals surface area contributed by atoms with E-state index in [0.717, 1.165) is 23.1 Å². The minimum atomic E-state index is -3.36. The van der Waals surface area contributed by atoms with E-state index < -0.39 is 10.0 Å². The number of fused-ring (bicyclic) bond motifs is 1. The van der Waals surface area contributed by atoms with E-state index in [2.05, 4.69) is 14.7 Å². The van der Waals surface area contributed by atoms with Crippen molar-refractivity contribution in [1.29, 1.82) is 0 Å². The Labute approximate surface area is 168 Å². The van der Waals surface area contributed by atoms with E-state index in [0.29, 0.717) is 28.8 Å². The maximum Gasteiger partial charge on any atom is 0.229 e. The van der Waals surface area contributed by atoms with Crippen LogP contribution in [0.3, 0.4) is 0 Å². The number of pyridine rings is 1. The van der Waals surface area contributed by atoms with Crippen LogP contribution in [0, 0.1) is 0 Å². The van der Waals surface area contributed by atoms with Gasteiger partial charge in [-0.1, -0.05) is 42.5 Å². The van der Waals surface area contributed by atoms with Crippen LogP contribution in [0.25, 0.3) is 22.3 Å². The number of benzene rings is 2. The van der Waals surface area contributed by atoms with Crippen LogP contribution in [0.15, 0.2) is 66.7 Å². The molecule has 146 valence electrons. The number of aromatic nitrogens is 3. The maximum absolute atomic E-state index is 11.5. The first kappa shape index (κ1) is 18.8. The lowest BCUT2D eigenvalue weighted by Crippen LogP contribution is -2.09. The van der Waals surface area contributed by atoms with Crippen molar-refractivity contribution in [2.45, 2.75) is 6.42 Å². The van der Waals surface area contributed by atoms with Crippen LogP contribution >= 0.6 is 0 Å². The quantitative estimate of drug-likeness (QED) is 0.527. The second kappa shape index (κ2) is 7.48. The summed E-state index contributed by atoms with van der Waals surface area (Å²) >= 11 is 0. The van der Waals surface area contributed by atoms with Crippen LogP contribution in [0.2, 0.25) is 0 Å². The Morgan fingerprint density at radius 3 is 2.48 bits per heavy atom. The first-order chi connectivity index (χ1) is 13.9. The molecule has 0 amide bonds. The summed E-state index contributed by atoms with van der Waals surface area (Å²) in [6, 6.07) is 20.7. The molecular weight excluding hydrogens is 386 g/mol. The zero-order chi connectivity index (χ0) is 20.4. The number of hydrogen-bond donors (Lipinski definition) is 2. The van der Waals surface area contributed by atoms with Gasteiger partial charge in [0.2, 0.25) is 16.0 Å². The van der Waals surface area contributed by atoms with Gasteiger partial charge in [0.25, 0.3) is 0 Å².